The highest BCUT2D eigenvalue weighted by atomic mass is 16.2. The number of anilines is 2. The number of carbonyl (C=O) groups is 1. The van der Waals surface area contributed by atoms with E-state index in [1.165, 1.54) is 12.8 Å². The van der Waals surface area contributed by atoms with Gasteiger partial charge in [-0.25, -0.2) is 4.98 Å². The van der Waals surface area contributed by atoms with Crippen molar-refractivity contribution >= 4 is 28.6 Å². The van der Waals surface area contributed by atoms with Crippen molar-refractivity contribution in [2.75, 3.05) is 24.3 Å². The minimum atomic E-state index is 0.157. The molecule has 1 aromatic carbocycles. The largest absolute Gasteiger partial charge is 0.362 e. The van der Waals surface area contributed by atoms with Gasteiger partial charge < -0.3 is 15.5 Å². The van der Waals surface area contributed by atoms with Crippen LogP contribution in [0, 0.1) is 5.92 Å². The average molecular weight is 367 g/mol. The second-order valence-corrected chi connectivity index (χ2v) is 8.06. The molecule has 2 fully saturated rings. The van der Waals surface area contributed by atoms with Gasteiger partial charge in [-0.1, -0.05) is 31.4 Å². The van der Waals surface area contributed by atoms with Crippen molar-refractivity contribution in [1.82, 2.24) is 15.3 Å². The first-order chi connectivity index (χ1) is 13.1. The molecule has 2 aliphatic carbocycles. The third-order valence-electron chi connectivity index (χ3n) is 5.89. The van der Waals surface area contributed by atoms with Crippen LogP contribution >= 0.6 is 0 Å². The van der Waals surface area contributed by atoms with Crippen molar-refractivity contribution in [3.05, 3.63) is 24.3 Å². The smallest absolute Gasteiger partial charge is 0.225 e. The summed E-state index contributed by atoms with van der Waals surface area (Å²) in [7, 11) is 4.00. The monoisotopic (exact) mass is 367 g/mol. The summed E-state index contributed by atoms with van der Waals surface area (Å²) in [4.78, 5) is 23.9. The molecule has 0 radical (unpaired) electrons. The van der Waals surface area contributed by atoms with E-state index in [2.05, 4.69) is 16.7 Å². The Bertz CT molecular complexity index is 817. The molecule has 144 valence electrons. The van der Waals surface area contributed by atoms with Gasteiger partial charge in [-0.3, -0.25) is 4.79 Å². The standard InChI is InChI=1S/C21H29N5O/c1-26(2)19-15-10-3-4-11-16(15)23-21(25-19)24-18-13-6-5-12-17(18)22-20(27)14-8-7-9-14/h3-4,10-11,14,17-18H,5-9,12-13H2,1-2H3,(H,22,27)(H,23,24,25). The minimum Gasteiger partial charge on any atom is -0.362 e. The molecule has 1 heterocycles. The Morgan fingerprint density at radius 2 is 1.74 bits per heavy atom. The van der Waals surface area contributed by atoms with Crippen molar-refractivity contribution in [2.24, 2.45) is 5.92 Å². The fourth-order valence-electron chi connectivity index (χ4n) is 4.08. The second-order valence-electron chi connectivity index (χ2n) is 8.06. The Hall–Kier alpha value is -2.37. The number of fused-ring (bicyclic) bond motifs is 1. The molecule has 6 heteroatoms. The lowest BCUT2D eigenvalue weighted by Crippen LogP contribution is -2.51. The maximum absolute atomic E-state index is 12.4. The minimum absolute atomic E-state index is 0.157. The Labute approximate surface area is 160 Å². The van der Waals surface area contributed by atoms with E-state index in [9.17, 15) is 4.79 Å². The van der Waals surface area contributed by atoms with E-state index in [-0.39, 0.29) is 23.9 Å². The van der Waals surface area contributed by atoms with Crippen LogP contribution in [0.5, 0.6) is 0 Å². The van der Waals surface area contributed by atoms with Crippen LogP contribution < -0.4 is 15.5 Å². The number of nitrogens with one attached hydrogen (secondary N) is 2. The molecule has 0 bridgehead atoms. The first kappa shape index (κ1) is 18.0. The normalized spacial score (nSPS) is 22.9. The van der Waals surface area contributed by atoms with Crippen LogP contribution in [0.15, 0.2) is 24.3 Å². The molecule has 2 N–H and O–H groups in total. The predicted molar refractivity (Wildman–Crippen MR) is 109 cm³/mol. The van der Waals surface area contributed by atoms with E-state index in [0.29, 0.717) is 5.95 Å². The molecule has 2 atom stereocenters. The number of aromatic nitrogens is 2. The number of hydrogen-bond acceptors (Lipinski definition) is 5. The van der Waals surface area contributed by atoms with E-state index in [1.54, 1.807) is 0 Å². The number of benzene rings is 1. The van der Waals surface area contributed by atoms with Crippen LogP contribution in [-0.4, -0.2) is 42.1 Å². The van der Waals surface area contributed by atoms with Gasteiger partial charge in [0.05, 0.1) is 5.52 Å². The lowest BCUT2D eigenvalue weighted by atomic mass is 9.83. The van der Waals surface area contributed by atoms with Crippen LogP contribution in [0.2, 0.25) is 0 Å². The number of para-hydroxylation sites is 1. The molecule has 27 heavy (non-hydrogen) atoms. The number of amides is 1. The molecule has 1 aromatic heterocycles. The number of nitrogens with zero attached hydrogens (tertiary/aromatic N) is 3. The van der Waals surface area contributed by atoms with Gasteiger partial charge >= 0.3 is 0 Å². The summed E-state index contributed by atoms with van der Waals surface area (Å²) >= 11 is 0. The quantitative estimate of drug-likeness (QED) is 0.848. The number of carbonyl (C=O) groups excluding carboxylic acids is 1. The lowest BCUT2D eigenvalue weighted by molar-refractivity contribution is -0.128. The molecule has 2 aliphatic rings. The second kappa shape index (κ2) is 7.71. The van der Waals surface area contributed by atoms with E-state index >= 15 is 0 Å². The molecule has 2 unspecified atom stereocenters. The van der Waals surface area contributed by atoms with Crippen LogP contribution in [-0.2, 0) is 4.79 Å². The summed E-state index contributed by atoms with van der Waals surface area (Å²) in [5.74, 6) is 2.01. The van der Waals surface area contributed by atoms with Crippen molar-refractivity contribution in [2.45, 2.75) is 57.0 Å². The average Bonchev–Trinajstić information content (AvgIpc) is 2.61. The fraction of sp³-hybridized carbons (Fsp3) is 0.571. The molecule has 4 rings (SSSR count). The maximum atomic E-state index is 12.4. The van der Waals surface area contributed by atoms with Gasteiger partial charge in [0.2, 0.25) is 11.9 Å². The van der Waals surface area contributed by atoms with Gasteiger partial charge in [-0.2, -0.15) is 4.98 Å². The molecule has 0 saturated heterocycles. The summed E-state index contributed by atoms with van der Waals surface area (Å²) < 4.78 is 0. The van der Waals surface area contributed by atoms with Gasteiger partial charge in [-0.05, 0) is 37.8 Å². The predicted octanol–water partition coefficient (Wildman–Crippen LogP) is 3.34. The first-order valence-electron chi connectivity index (χ1n) is 10.1. The summed E-state index contributed by atoms with van der Waals surface area (Å²) in [5.41, 5.74) is 0.935. The van der Waals surface area contributed by atoms with Gasteiger partial charge in [0.1, 0.15) is 5.82 Å². The van der Waals surface area contributed by atoms with Crippen molar-refractivity contribution in [1.29, 1.82) is 0 Å². The summed E-state index contributed by atoms with van der Waals surface area (Å²) in [6, 6.07) is 8.42. The number of rotatable bonds is 5. The van der Waals surface area contributed by atoms with Gasteiger partial charge in [0.25, 0.3) is 0 Å². The lowest BCUT2D eigenvalue weighted by Gasteiger charge is -2.35. The van der Waals surface area contributed by atoms with Crippen LogP contribution in [0.4, 0.5) is 11.8 Å². The van der Waals surface area contributed by atoms with E-state index in [4.69, 9.17) is 9.97 Å². The molecule has 2 aromatic rings. The Balaban J connectivity index is 1.54. The Kier molecular flexibility index (Phi) is 5.14. The van der Waals surface area contributed by atoms with Crippen LogP contribution in [0.1, 0.15) is 44.9 Å². The zero-order valence-corrected chi connectivity index (χ0v) is 16.2. The summed E-state index contributed by atoms with van der Waals surface area (Å²) in [5, 5.41) is 7.88. The Morgan fingerprint density at radius 3 is 2.44 bits per heavy atom. The number of hydrogen-bond donors (Lipinski definition) is 2. The fourth-order valence-corrected chi connectivity index (χ4v) is 4.08. The van der Waals surface area contributed by atoms with Gasteiger partial charge in [0.15, 0.2) is 0 Å². The summed E-state index contributed by atoms with van der Waals surface area (Å²) in [6.45, 7) is 0. The van der Waals surface area contributed by atoms with Crippen molar-refractivity contribution < 1.29 is 4.79 Å². The van der Waals surface area contributed by atoms with Crippen LogP contribution in [0.3, 0.4) is 0 Å². The van der Waals surface area contributed by atoms with E-state index in [1.807, 2.05) is 37.2 Å². The summed E-state index contributed by atoms with van der Waals surface area (Å²) in [6.07, 6.45) is 7.64. The molecule has 0 spiro atoms. The van der Waals surface area contributed by atoms with Crippen molar-refractivity contribution in [3.8, 4) is 0 Å². The van der Waals surface area contributed by atoms with Crippen molar-refractivity contribution in [3.63, 3.8) is 0 Å². The van der Waals surface area contributed by atoms with E-state index in [0.717, 1.165) is 48.8 Å². The van der Waals surface area contributed by atoms with Gasteiger partial charge in [0, 0.05) is 37.5 Å². The maximum Gasteiger partial charge on any atom is 0.225 e. The molecular formula is C21H29N5O. The third-order valence-corrected chi connectivity index (χ3v) is 5.89. The highest BCUT2D eigenvalue weighted by Crippen LogP contribution is 2.29. The van der Waals surface area contributed by atoms with E-state index < -0.39 is 0 Å². The molecule has 6 nitrogen and oxygen atoms in total. The molecule has 0 aliphatic heterocycles. The zero-order chi connectivity index (χ0) is 18.8. The van der Waals surface area contributed by atoms with Gasteiger partial charge in [-0.15, -0.1) is 0 Å². The highest BCUT2D eigenvalue weighted by molar-refractivity contribution is 5.90. The zero-order valence-electron chi connectivity index (χ0n) is 16.2. The highest BCUT2D eigenvalue weighted by Gasteiger charge is 2.31. The van der Waals surface area contributed by atoms with Crippen LogP contribution in [0.25, 0.3) is 10.9 Å². The molecule has 1 amide bonds. The Morgan fingerprint density at radius 1 is 1.00 bits per heavy atom. The first-order valence-corrected chi connectivity index (χ1v) is 10.1. The topological polar surface area (TPSA) is 70.2 Å². The molecular weight excluding hydrogens is 338 g/mol. The molecule has 2 saturated carbocycles. The SMILES string of the molecule is CN(C)c1nc(NC2CCCCC2NC(=O)C2CCC2)nc2ccccc12. The third kappa shape index (κ3) is 3.84.